The molecule has 2 aromatic carbocycles. The Bertz CT molecular complexity index is 828. The van der Waals surface area contributed by atoms with E-state index in [4.69, 9.17) is 4.42 Å². The van der Waals surface area contributed by atoms with Gasteiger partial charge in [0.15, 0.2) is 5.58 Å². The Kier molecular flexibility index (Phi) is 2.87. The quantitative estimate of drug-likeness (QED) is 0.738. The zero-order valence-electron chi connectivity index (χ0n) is 10.8. The largest absolute Gasteiger partial charge is 0.428 e. The Morgan fingerprint density at radius 1 is 1.10 bits per heavy atom. The summed E-state index contributed by atoms with van der Waals surface area (Å²) in [6, 6.07) is 13.6. The van der Waals surface area contributed by atoms with E-state index in [1.54, 1.807) is 36.4 Å². The number of nitrogens with one attached hydrogen (secondary N) is 1. The van der Waals surface area contributed by atoms with Crippen molar-refractivity contribution in [1.82, 2.24) is 4.57 Å². The summed E-state index contributed by atoms with van der Waals surface area (Å²) in [5.41, 5.74) is 2.55. The molecule has 1 N–H and O–H groups in total. The van der Waals surface area contributed by atoms with Gasteiger partial charge in [0.2, 0.25) is 0 Å². The van der Waals surface area contributed by atoms with Crippen LogP contribution in [-0.2, 0) is 0 Å². The third-order valence-corrected chi connectivity index (χ3v) is 2.99. The average Bonchev–Trinajstić information content (AvgIpc) is 2.77. The fourth-order valence-electron chi connectivity index (χ4n) is 1.97. The van der Waals surface area contributed by atoms with Gasteiger partial charge >= 0.3 is 11.8 Å². The Morgan fingerprint density at radius 3 is 2.55 bits per heavy atom. The fourth-order valence-corrected chi connectivity index (χ4v) is 1.97. The van der Waals surface area contributed by atoms with Crippen molar-refractivity contribution in [3.63, 3.8) is 0 Å². The number of rotatable bonds is 1. The molecule has 3 aromatic rings. The number of hydrogen-bond donors (Lipinski definition) is 1. The highest BCUT2D eigenvalue weighted by Crippen LogP contribution is 2.13. The lowest BCUT2D eigenvalue weighted by Gasteiger charge is -2.05. The van der Waals surface area contributed by atoms with E-state index in [1.807, 2.05) is 19.1 Å². The molecule has 0 saturated carbocycles. The van der Waals surface area contributed by atoms with Gasteiger partial charge in [0, 0.05) is 5.69 Å². The van der Waals surface area contributed by atoms with Gasteiger partial charge in [-0.25, -0.2) is 9.59 Å². The van der Waals surface area contributed by atoms with Crippen LogP contribution in [0.4, 0.5) is 10.5 Å². The van der Waals surface area contributed by atoms with E-state index >= 15 is 0 Å². The van der Waals surface area contributed by atoms with Crippen molar-refractivity contribution < 1.29 is 9.21 Å². The van der Waals surface area contributed by atoms with E-state index < -0.39 is 11.8 Å². The van der Waals surface area contributed by atoms with Gasteiger partial charge in [-0.1, -0.05) is 29.8 Å². The average molecular weight is 268 g/mol. The van der Waals surface area contributed by atoms with Gasteiger partial charge in [0.05, 0.1) is 5.52 Å². The Labute approximate surface area is 114 Å². The van der Waals surface area contributed by atoms with Crippen LogP contribution < -0.4 is 11.1 Å². The minimum atomic E-state index is -0.698. The van der Waals surface area contributed by atoms with Crippen LogP contribution in [0, 0.1) is 6.92 Å². The van der Waals surface area contributed by atoms with Gasteiger partial charge in [-0.3, -0.25) is 0 Å². The molecule has 0 aliphatic carbocycles. The first-order valence-electron chi connectivity index (χ1n) is 6.14. The van der Waals surface area contributed by atoms with Crippen molar-refractivity contribution in [2.24, 2.45) is 0 Å². The Morgan fingerprint density at radius 2 is 1.80 bits per heavy atom. The van der Waals surface area contributed by atoms with Crippen molar-refractivity contribution in [3.05, 3.63) is 64.6 Å². The predicted octanol–water partition coefficient (Wildman–Crippen LogP) is 2.98. The zero-order chi connectivity index (χ0) is 14.1. The number of aryl methyl sites for hydroxylation is 1. The van der Waals surface area contributed by atoms with Gasteiger partial charge in [0.1, 0.15) is 0 Å². The maximum atomic E-state index is 12.2. The lowest BCUT2D eigenvalue weighted by atomic mass is 10.2. The van der Waals surface area contributed by atoms with Crippen LogP contribution in [0.2, 0.25) is 0 Å². The van der Waals surface area contributed by atoms with Crippen molar-refractivity contribution in [3.8, 4) is 0 Å². The first kappa shape index (κ1) is 12.2. The molecule has 1 aromatic heterocycles. The summed E-state index contributed by atoms with van der Waals surface area (Å²) in [7, 11) is 0. The first-order valence-corrected chi connectivity index (χ1v) is 6.14. The van der Waals surface area contributed by atoms with Crippen LogP contribution in [0.5, 0.6) is 0 Å². The van der Waals surface area contributed by atoms with Crippen LogP contribution in [0.15, 0.2) is 57.7 Å². The molecule has 20 heavy (non-hydrogen) atoms. The fraction of sp³-hybridized carbons (Fsp3) is 0.0667. The highest BCUT2D eigenvalue weighted by molar-refractivity contribution is 5.96. The van der Waals surface area contributed by atoms with E-state index in [9.17, 15) is 9.59 Å². The molecule has 0 bridgehead atoms. The third-order valence-electron chi connectivity index (χ3n) is 2.99. The van der Waals surface area contributed by atoms with Gasteiger partial charge in [0.25, 0.3) is 0 Å². The number of para-hydroxylation sites is 2. The number of fused-ring (bicyclic) bond motifs is 1. The number of carbonyl (C=O) groups is 1. The molecule has 0 aliphatic heterocycles. The first-order chi connectivity index (χ1) is 9.65. The smallest absolute Gasteiger partial charge is 0.407 e. The number of benzene rings is 2. The van der Waals surface area contributed by atoms with E-state index in [-0.39, 0.29) is 0 Å². The molecular formula is C15H12N2O3. The summed E-state index contributed by atoms with van der Waals surface area (Å²) in [6.07, 6.45) is 0. The standard InChI is InChI=1S/C15H12N2O3/c1-10-6-8-11(9-7-10)16-14(18)17-12-4-2-3-5-13(12)20-15(17)19/h2-9H,1H3,(H,16,18). The maximum Gasteiger partial charge on any atom is 0.428 e. The lowest BCUT2D eigenvalue weighted by Crippen LogP contribution is -2.27. The van der Waals surface area contributed by atoms with E-state index in [1.165, 1.54) is 0 Å². The minimum Gasteiger partial charge on any atom is -0.407 e. The monoisotopic (exact) mass is 268 g/mol. The minimum absolute atomic E-state index is 0.386. The van der Waals surface area contributed by atoms with E-state index in [0.29, 0.717) is 16.8 Å². The number of oxazole rings is 1. The Hall–Kier alpha value is -2.82. The normalized spacial score (nSPS) is 10.7. The summed E-state index contributed by atoms with van der Waals surface area (Å²) < 4.78 is 6.00. The summed E-state index contributed by atoms with van der Waals surface area (Å²) >= 11 is 0. The molecule has 0 saturated heterocycles. The molecule has 5 nitrogen and oxygen atoms in total. The van der Waals surface area contributed by atoms with Crippen LogP contribution >= 0.6 is 0 Å². The van der Waals surface area contributed by atoms with Gasteiger partial charge in [-0.15, -0.1) is 0 Å². The lowest BCUT2D eigenvalue weighted by molar-refractivity contribution is 0.252. The maximum absolute atomic E-state index is 12.2. The molecule has 0 atom stereocenters. The predicted molar refractivity (Wildman–Crippen MR) is 76.1 cm³/mol. The van der Waals surface area contributed by atoms with Gasteiger partial charge in [-0.2, -0.15) is 4.57 Å². The van der Waals surface area contributed by atoms with E-state index in [0.717, 1.165) is 10.1 Å². The van der Waals surface area contributed by atoms with Crippen molar-refractivity contribution >= 4 is 22.8 Å². The van der Waals surface area contributed by atoms with Crippen LogP contribution in [0.3, 0.4) is 0 Å². The molecule has 100 valence electrons. The number of amides is 1. The number of anilines is 1. The van der Waals surface area contributed by atoms with Gasteiger partial charge < -0.3 is 9.73 Å². The molecule has 1 amide bonds. The molecule has 1 heterocycles. The second-order valence-electron chi connectivity index (χ2n) is 4.47. The van der Waals surface area contributed by atoms with Crippen LogP contribution in [0.1, 0.15) is 5.56 Å². The molecule has 0 aliphatic rings. The molecule has 3 rings (SSSR count). The molecule has 0 radical (unpaired) electrons. The summed E-state index contributed by atoms with van der Waals surface area (Å²) in [6.45, 7) is 1.96. The molecule has 0 spiro atoms. The SMILES string of the molecule is Cc1ccc(NC(=O)n2c(=O)oc3ccccc32)cc1. The summed E-state index contributed by atoms with van der Waals surface area (Å²) in [5.74, 6) is -0.698. The molecule has 0 unspecified atom stereocenters. The topological polar surface area (TPSA) is 64.2 Å². The third kappa shape index (κ3) is 2.09. The molecular weight excluding hydrogens is 256 g/mol. The van der Waals surface area contributed by atoms with Gasteiger partial charge in [-0.05, 0) is 31.2 Å². The number of carbonyl (C=O) groups excluding carboxylic acids is 1. The summed E-state index contributed by atoms with van der Waals surface area (Å²) in [5, 5.41) is 2.67. The van der Waals surface area contributed by atoms with Crippen molar-refractivity contribution in [2.45, 2.75) is 6.92 Å². The number of nitrogens with zero attached hydrogens (tertiary/aromatic N) is 1. The Balaban J connectivity index is 1.98. The number of hydrogen-bond acceptors (Lipinski definition) is 3. The highest BCUT2D eigenvalue weighted by atomic mass is 16.4. The second-order valence-corrected chi connectivity index (χ2v) is 4.47. The van der Waals surface area contributed by atoms with Crippen LogP contribution in [-0.4, -0.2) is 10.6 Å². The summed E-state index contributed by atoms with van der Waals surface area (Å²) in [4.78, 5) is 23.9. The van der Waals surface area contributed by atoms with Crippen LogP contribution in [0.25, 0.3) is 11.1 Å². The van der Waals surface area contributed by atoms with Crippen molar-refractivity contribution in [2.75, 3.05) is 5.32 Å². The molecule has 5 heteroatoms. The molecule has 0 fully saturated rings. The van der Waals surface area contributed by atoms with Crippen molar-refractivity contribution in [1.29, 1.82) is 0 Å². The highest BCUT2D eigenvalue weighted by Gasteiger charge is 2.15. The number of aromatic nitrogens is 1. The zero-order valence-corrected chi connectivity index (χ0v) is 10.8. The van der Waals surface area contributed by atoms with E-state index in [2.05, 4.69) is 5.32 Å². The second kappa shape index (κ2) is 4.70.